The Hall–Kier alpha value is -2.89. The van der Waals surface area contributed by atoms with Gasteiger partial charge in [0.15, 0.2) is 0 Å². The fourth-order valence-electron chi connectivity index (χ4n) is 3.00. The fourth-order valence-corrected chi connectivity index (χ4v) is 3.00. The highest BCUT2D eigenvalue weighted by Gasteiger charge is 2.25. The summed E-state index contributed by atoms with van der Waals surface area (Å²) in [5.74, 6) is -0.666. The van der Waals surface area contributed by atoms with Gasteiger partial charge in [0.2, 0.25) is 5.91 Å². The summed E-state index contributed by atoms with van der Waals surface area (Å²) in [6.45, 7) is 1.64. The van der Waals surface area contributed by atoms with Gasteiger partial charge in [-0.15, -0.1) is 0 Å². The lowest BCUT2D eigenvalue weighted by molar-refractivity contribution is -0.120. The van der Waals surface area contributed by atoms with Crippen LogP contribution < -0.4 is 16.0 Å². The van der Waals surface area contributed by atoms with E-state index in [1.807, 2.05) is 12.1 Å². The molecule has 0 atom stereocenters. The van der Waals surface area contributed by atoms with Gasteiger partial charge in [0.1, 0.15) is 0 Å². The van der Waals surface area contributed by atoms with Crippen molar-refractivity contribution in [1.29, 1.82) is 0 Å². The third-order valence-electron chi connectivity index (χ3n) is 4.34. The predicted molar refractivity (Wildman–Crippen MR) is 92.8 cm³/mol. The molecule has 6 heteroatoms. The smallest absolute Gasteiger partial charge is 0.250 e. The van der Waals surface area contributed by atoms with E-state index in [9.17, 15) is 9.59 Å². The monoisotopic (exact) mass is 324 g/mol. The van der Waals surface area contributed by atoms with Crippen molar-refractivity contribution in [2.24, 2.45) is 11.7 Å². The van der Waals surface area contributed by atoms with Crippen molar-refractivity contribution in [3.05, 3.63) is 54.4 Å². The summed E-state index contributed by atoms with van der Waals surface area (Å²) in [7, 11) is 0. The zero-order valence-corrected chi connectivity index (χ0v) is 13.3. The average Bonchev–Trinajstić information content (AvgIpc) is 2.63. The molecule has 24 heavy (non-hydrogen) atoms. The van der Waals surface area contributed by atoms with Crippen molar-refractivity contribution in [3.8, 4) is 0 Å². The van der Waals surface area contributed by atoms with Crippen LogP contribution >= 0.6 is 0 Å². The number of benzene rings is 1. The van der Waals surface area contributed by atoms with Crippen LogP contribution in [0.5, 0.6) is 0 Å². The molecule has 1 fully saturated rings. The molecular weight excluding hydrogens is 304 g/mol. The van der Waals surface area contributed by atoms with Crippen molar-refractivity contribution in [1.82, 2.24) is 4.98 Å². The fraction of sp³-hybridized carbons (Fsp3) is 0.278. The largest absolute Gasteiger partial charge is 0.371 e. The highest BCUT2D eigenvalue weighted by atomic mass is 16.2. The molecule has 1 aliphatic rings. The number of nitrogens with one attached hydrogen (secondary N) is 1. The number of aromatic nitrogens is 1. The zero-order valence-electron chi connectivity index (χ0n) is 13.3. The van der Waals surface area contributed by atoms with E-state index in [-0.39, 0.29) is 11.8 Å². The summed E-state index contributed by atoms with van der Waals surface area (Å²) in [6.07, 6.45) is 5.09. The number of nitrogens with two attached hydrogens (primary N) is 1. The summed E-state index contributed by atoms with van der Waals surface area (Å²) in [5.41, 5.74) is 7.29. The first kappa shape index (κ1) is 16.0. The number of carbonyl (C=O) groups is 2. The van der Waals surface area contributed by atoms with Crippen LogP contribution in [0.3, 0.4) is 0 Å². The predicted octanol–water partition coefficient (Wildman–Crippen LogP) is 2.04. The molecule has 1 saturated heterocycles. The van der Waals surface area contributed by atoms with E-state index in [0.29, 0.717) is 11.3 Å². The second-order valence-electron chi connectivity index (χ2n) is 5.87. The molecule has 0 spiro atoms. The molecule has 6 nitrogen and oxygen atoms in total. The first-order chi connectivity index (χ1) is 11.6. The summed E-state index contributed by atoms with van der Waals surface area (Å²) in [5, 5.41) is 2.85. The molecule has 0 saturated carbocycles. The van der Waals surface area contributed by atoms with Gasteiger partial charge in [-0.1, -0.05) is 12.1 Å². The second-order valence-corrected chi connectivity index (χ2v) is 5.87. The number of anilines is 2. The zero-order chi connectivity index (χ0) is 16.9. The molecule has 1 aromatic heterocycles. The van der Waals surface area contributed by atoms with Gasteiger partial charge >= 0.3 is 0 Å². The molecule has 124 valence electrons. The summed E-state index contributed by atoms with van der Waals surface area (Å²) >= 11 is 0. The van der Waals surface area contributed by atoms with Gasteiger partial charge in [0.05, 0.1) is 11.3 Å². The van der Waals surface area contributed by atoms with Crippen molar-refractivity contribution in [3.63, 3.8) is 0 Å². The van der Waals surface area contributed by atoms with E-state index in [0.717, 1.165) is 31.6 Å². The Labute approximate surface area is 140 Å². The number of carbonyl (C=O) groups excluding carboxylic acids is 2. The standard InChI is InChI=1S/C18H20N4O2/c19-17(23)15-3-1-2-4-16(15)21-18(24)13-7-11-22(12-8-13)14-5-9-20-10-6-14/h1-6,9-10,13H,7-8,11-12H2,(H2,19,23)(H,21,24). The molecular formula is C18H20N4O2. The van der Waals surface area contributed by atoms with E-state index in [2.05, 4.69) is 15.2 Å². The quantitative estimate of drug-likeness (QED) is 0.901. The highest BCUT2D eigenvalue weighted by Crippen LogP contribution is 2.24. The Bertz CT molecular complexity index is 725. The summed E-state index contributed by atoms with van der Waals surface area (Å²) in [6, 6.07) is 10.8. The van der Waals surface area contributed by atoms with E-state index in [1.54, 1.807) is 36.7 Å². The number of primary amides is 1. The molecule has 1 aliphatic heterocycles. The minimum Gasteiger partial charge on any atom is -0.371 e. The van der Waals surface area contributed by atoms with Gasteiger partial charge in [-0.2, -0.15) is 0 Å². The van der Waals surface area contributed by atoms with Crippen LogP contribution in [0.15, 0.2) is 48.8 Å². The Morgan fingerprint density at radius 1 is 1.08 bits per heavy atom. The maximum Gasteiger partial charge on any atom is 0.250 e. The Kier molecular flexibility index (Phi) is 4.74. The number of para-hydroxylation sites is 1. The first-order valence-electron chi connectivity index (χ1n) is 8.00. The number of rotatable bonds is 4. The number of hydrogen-bond acceptors (Lipinski definition) is 4. The van der Waals surface area contributed by atoms with E-state index >= 15 is 0 Å². The topological polar surface area (TPSA) is 88.3 Å². The number of pyridine rings is 1. The SMILES string of the molecule is NC(=O)c1ccccc1NC(=O)C1CCN(c2ccncc2)CC1. The minimum atomic E-state index is -0.543. The van der Waals surface area contributed by atoms with Crippen LogP contribution in [-0.4, -0.2) is 29.9 Å². The number of amides is 2. The molecule has 0 aliphatic carbocycles. The van der Waals surface area contributed by atoms with E-state index < -0.39 is 5.91 Å². The third kappa shape index (κ3) is 3.53. The maximum absolute atomic E-state index is 12.5. The van der Waals surface area contributed by atoms with Crippen LogP contribution in [0.1, 0.15) is 23.2 Å². The van der Waals surface area contributed by atoms with Crippen LogP contribution in [0.25, 0.3) is 0 Å². The lowest BCUT2D eigenvalue weighted by Crippen LogP contribution is -2.38. The molecule has 2 amide bonds. The lowest BCUT2D eigenvalue weighted by atomic mass is 9.95. The van der Waals surface area contributed by atoms with Crippen molar-refractivity contribution >= 4 is 23.2 Å². The third-order valence-corrected chi connectivity index (χ3v) is 4.34. The second kappa shape index (κ2) is 7.12. The van der Waals surface area contributed by atoms with Crippen LogP contribution in [0.2, 0.25) is 0 Å². The molecule has 1 aromatic carbocycles. The van der Waals surface area contributed by atoms with Crippen molar-refractivity contribution in [2.45, 2.75) is 12.8 Å². The molecule has 0 unspecified atom stereocenters. The summed E-state index contributed by atoms with van der Waals surface area (Å²) < 4.78 is 0. The van der Waals surface area contributed by atoms with Gasteiger partial charge in [0.25, 0.3) is 5.91 Å². The van der Waals surface area contributed by atoms with Gasteiger partial charge in [-0.05, 0) is 37.1 Å². The van der Waals surface area contributed by atoms with E-state index in [4.69, 9.17) is 5.73 Å². The number of hydrogen-bond donors (Lipinski definition) is 2. The maximum atomic E-state index is 12.5. The number of piperidine rings is 1. The lowest BCUT2D eigenvalue weighted by Gasteiger charge is -2.33. The van der Waals surface area contributed by atoms with E-state index in [1.165, 1.54) is 0 Å². The average molecular weight is 324 g/mol. The Balaban J connectivity index is 1.61. The molecule has 2 heterocycles. The molecule has 2 aromatic rings. The first-order valence-corrected chi connectivity index (χ1v) is 8.00. The van der Waals surface area contributed by atoms with Gasteiger partial charge in [-0.25, -0.2) is 0 Å². The normalized spacial score (nSPS) is 15.1. The van der Waals surface area contributed by atoms with Crippen molar-refractivity contribution in [2.75, 3.05) is 23.3 Å². The highest BCUT2D eigenvalue weighted by molar-refractivity contribution is 6.03. The Morgan fingerprint density at radius 3 is 2.42 bits per heavy atom. The van der Waals surface area contributed by atoms with Crippen molar-refractivity contribution < 1.29 is 9.59 Å². The molecule has 0 radical (unpaired) electrons. The molecule has 3 rings (SSSR count). The molecule has 3 N–H and O–H groups in total. The summed E-state index contributed by atoms with van der Waals surface area (Å²) in [4.78, 5) is 30.2. The van der Waals surface area contributed by atoms with Crippen LogP contribution in [0.4, 0.5) is 11.4 Å². The minimum absolute atomic E-state index is 0.0573. The van der Waals surface area contributed by atoms with Gasteiger partial charge in [-0.3, -0.25) is 14.6 Å². The van der Waals surface area contributed by atoms with Gasteiger partial charge < -0.3 is 16.0 Å². The Morgan fingerprint density at radius 2 is 1.75 bits per heavy atom. The van der Waals surface area contributed by atoms with Crippen LogP contribution in [0, 0.1) is 5.92 Å². The van der Waals surface area contributed by atoms with Crippen LogP contribution in [-0.2, 0) is 4.79 Å². The molecule has 0 bridgehead atoms. The van der Waals surface area contributed by atoms with Gasteiger partial charge in [0, 0.05) is 37.1 Å². The number of nitrogens with zero attached hydrogens (tertiary/aromatic N) is 2.